The Kier molecular flexibility index (Phi) is 9.33. The molecule has 0 aliphatic heterocycles. The van der Waals surface area contributed by atoms with Gasteiger partial charge in [-0.05, 0) is 31.2 Å². The van der Waals surface area contributed by atoms with Gasteiger partial charge in [0.15, 0.2) is 0 Å². The molecule has 1 aromatic carbocycles. The summed E-state index contributed by atoms with van der Waals surface area (Å²) in [4.78, 5) is 0. The van der Waals surface area contributed by atoms with Gasteiger partial charge in [0.25, 0.3) is 0 Å². The number of ether oxygens (including phenoxy) is 3. The molecule has 4 heteroatoms. The summed E-state index contributed by atoms with van der Waals surface area (Å²) >= 11 is 0. The predicted octanol–water partition coefficient (Wildman–Crippen LogP) is 1.85. The van der Waals surface area contributed by atoms with Crippen LogP contribution < -0.4 is 4.74 Å². The Balaban J connectivity index is 2.17. The SMILES string of the molecule is CCOCCOCCOc1ccc(C#CCCO)cc1. The van der Waals surface area contributed by atoms with Gasteiger partial charge in [-0.15, -0.1) is 0 Å². The van der Waals surface area contributed by atoms with Crippen molar-refractivity contribution in [3.63, 3.8) is 0 Å². The molecule has 20 heavy (non-hydrogen) atoms. The Morgan fingerprint density at radius 3 is 2.40 bits per heavy atom. The fraction of sp³-hybridized carbons (Fsp3) is 0.500. The number of hydrogen-bond acceptors (Lipinski definition) is 4. The van der Waals surface area contributed by atoms with Crippen molar-refractivity contribution in [1.29, 1.82) is 0 Å². The molecule has 0 fully saturated rings. The lowest BCUT2D eigenvalue weighted by Gasteiger charge is -2.07. The molecule has 0 bridgehead atoms. The highest BCUT2D eigenvalue weighted by molar-refractivity contribution is 5.38. The van der Waals surface area contributed by atoms with Crippen molar-refractivity contribution in [3.05, 3.63) is 29.8 Å². The van der Waals surface area contributed by atoms with Crippen LogP contribution in [-0.4, -0.2) is 44.7 Å². The summed E-state index contributed by atoms with van der Waals surface area (Å²) in [6.45, 7) is 5.05. The summed E-state index contributed by atoms with van der Waals surface area (Å²) < 4.78 is 16.0. The van der Waals surface area contributed by atoms with E-state index >= 15 is 0 Å². The third-order valence-electron chi connectivity index (χ3n) is 2.40. The van der Waals surface area contributed by atoms with Crippen LogP contribution in [0.25, 0.3) is 0 Å². The molecule has 0 radical (unpaired) electrons. The average molecular weight is 278 g/mol. The highest BCUT2D eigenvalue weighted by atomic mass is 16.5. The van der Waals surface area contributed by atoms with E-state index in [2.05, 4.69) is 11.8 Å². The van der Waals surface area contributed by atoms with Gasteiger partial charge in [-0.3, -0.25) is 0 Å². The zero-order valence-corrected chi connectivity index (χ0v) is 11.9. The van der Waals surface area contributed by atoms with Gasteiger partial charge in [-0.2, -0.15) is 0 Å². The minimum atomic E-state index is 0.0947. The Morgan fingerprint density at radius 2 is 1.70 bits per heavy atom. The molecule has 0 aliphatic rings. The van der Waals surface area contributed by atoms with Crippen molar-refractivity contribution in [2.75, 3.05) is 39.6 Å². The van der Waals surface area contributed by atoms with Crippen LogP contribution in [0.3, 0.4) is 0 Å². The van der Waals surface area contributed by atoms with E-state index in [1.807, 2.05) is 31.2 Å². The van der Waals surface area contributed by atoms with Gasteiger partial charge in [0, 0.05) is 18.6 Å². The first-order valence-electron chi connectivity index (χ1n) is 6.85. The summed E-state index contributed by atoms with van der Waals surface area (Å²) in [7, 11) is 0. The number of aliphatic hydroxyl groups excluding tert-OH is 1. The molecule has 0 saturated carbocycles. The summed E-state index contributed by atoms with van der Waals surface area (Å²) in [5.41, 5.74) is 0.916. The Labute approximate surface area is 120 Å². The molecule has 0 heterocycles. The number of benzene rings is 1. The van der Waals surface area contributed by atoms with Crippen LogP contribution in [0.4, 0.5) is 0 Å². The molecule has 1 aromatic rings. The minimum absolute atomic E-state index is 0.0947. The Morgan fingerprint density at radius 1 is 1.00 bits per heavy atom. The standard InChI is InChI=1S/C16H22O4/c1-2-18-11-12-19-13-14-20-16-8-6-15(7-9-16)5-3-4-10-17/h6-9,17H,2,4,10-14H2,1H3. The molecule has 1 N–H and O–H groups in total. The van der Waals surface area contributed by atoms with E-state index in [0.29, 0.717) is 39.5 Å². The van der Waals surface area contributed by atoms with Gasteiger partial charge in [0.1, 0.15) is 12.4 Å². The second-order valence-corrected chi connectivity index (χ2v) is 3.96. The minimum Gasteiger partial charge on any atom is -0.491 e. The van der Waals surface area contributed by atoms with E-state index in [4.69, 9.17) is 19.3 Å². The van der Waals surface area contributed by atoms with E-state index < -0.39 is 0 Å². The molecule has 1 rings (SSSR count). The summed E-state index contributed by atoms with van der Waals surface area (Å²) in [5, 5.41) is 8.63. The largest absolute Gasteiger partial charge is 0.491 e. The molecule has 0 amide bonds. The second-order valence-electron chi connectivity index (χ2n) is 3.96. The lowest BCUT2D eigenvalue weighted by molar-refractivity contribution is 0.0405. The fourth-order valence-electron chi connectivity index (χ4n) is 1.44. The summed E-state index contributed by atoms with van der Waals surface area (Å²) in [6.07, 6.45) is 0.497. The first kappa shape index (κ1) is 16.5. The molecule has 0 aliphatic carbocycles. The molecule has 4 nitrogen and oxygen atoms in total. The van der Waals surface area contributed by atoms with Gasteiger partial charge in [0.05, 0.1) is 26.4 Å². The zero-order valence-electron chi connectivity index (χ0n) is 11.9. The maximum absolute atomic E-state index is 8.63. The maximum Gasteiger partial charge on any atom is 0.119 e. The van der Waals surface area contributed by atoms with E-state index in [9.17, 15) is 0 Å². The molecule has 0 spiro atoms. The van der Waals surface area contributed by atoms with Gasteiger partial charge in [-0.25, -0.2) is 0 Å². The lowest BCUT2D eigenvalue weighted by atomic mass is 10.2. The van der Waals surface area contributed by atoms with E-state index in [0.717, 1.165) is 11.3 Å². The van der Waals surface area contributed by atoms with Crippen molar-refractivity contribution in [3.8, 4) is 17.6 Å². The van der Waals surface area contributed by atoms with E-state index in [-0.39, 0.29) is 6.61 Å². The zero-order chi connectivity index (χ0) is 14.5. The highest BCUT2D eigenvalue weighted by Gasteiger charge is 1.94. The van der Waals surface area contributed by atoms with Gasteiger partial charge >= 0.3 is 0 Å². The number of aliphatic hydroxyl groups is 1. The Hall–Kier alpha value is -1.54. The van der Waals surface area contributed by atoms with Crippen LogP contribution in [0.2, 0.25) is 0 Å². The lowest BCUT2D eigenvalue weighted by Crippen LogP contribution is -2.10. The highest BCUT2D eigenvalue weighted by Crippen LogP contribution is 2.11. The molecule has 0 aromatic heterocycles. The van der Waals surface area contributed by atoms with Crippen LogP contribution in [0, 0.1) is 11.8 Å². The molecule has 110 valence electrons. The van der Waals surface area contributed by atoms with Crippen molar-refractivity contribution in [1.82, 2.24) is 0 Å². The van der Waals surface area contributed by atoms with Crippen LogP contribution in [0.1, 0.15) is 18.9 Å². The smallest absolute Gasteiger partial charge is 0.119 e. The first-order valence-corrected chi connectivity index (χ1v) is 6.85. The first-order chi connectivity index (χ1) is 9.86. The van der Waals surface area contributed by atoms with Crippen molar-refractivity contribution >= 4 is 0 Å². The Bertz CT molecular complexity index is 403. The predicted molar refractivity (Wildman–Crippen MR) is 77.8 cm³/mol. The van der Waals surface area contributed by atoms with Gasteiger partial charge in [-0.1, -0.05) is 11.8 Å². The second kappa shape index (κ2) is 11.3. The molecular weight excluding hydrogens is 256 g/mol. The fourth-order valence-corrected chi connectivity index (χ4v) is 1.44. The van der Waals surface area contributed by atoms with Crippen LogP contribution in [0.15, 0.2) is 24.3 Å². The topological polar surface area (TPSA) is 47.9 Å². The normalized spacial score (nSPS) is 9.90. The summed E-state index contributed by atoms with van der Waals surface area (Å²) in [6, 6.07) is 7.55. The van der Waals surface area contributed by atoms with Crippen LogP contribution in [-0.2, 0) is 9.47 Å². The third kappa shape index (κ3) is 7.80. The molecular formula is C16H22O4. The quantitative estimate of drug-likeness (QED) is 0.553. The molecule has 0 unspecified atom stereocenters. The van der Waals surface area contributed by atoms with E-state index in [1.54, 1.807) is 0 Å². The molecule has 0 saturated heterocycles. The van der Waals surface area contributed by atoms with E-state index in [1.165, 1.54) is 0 Å². The van der Waals surface area contributed by atoms with Crippen molar-refractivity contribution in [2.24, 2.45) is 0 Å². The third-order valence-corrected chi connectivity index (χ3v) is 2.40. The average Bonchev–Trinajstić information content (AvgIpc) is 2.48. The summed E-state index contributed by atoms with van der Waals surface area (Å²) in [5.74, 6) is 6.64. The number of hydrogen-bond donors (Lipinski definition) is 1. The monoisotopic (exact) mass is 278 g/mol. The van der Waals surface area contributed by atoms with Crippen molar-refractivity contribution in [2.45, 2.75) is 13.3 Å². The van der Waals surface area contributed by atoms with Crippen LogP contribution in [0.5, 0.6) is 5.75 Å². The van der Waals surface area contributed by atoms with Crippen molar-refractivity contribution < 1.29 is 19.3 Å². The number of rotatable bonds is 9. The van der Waals surface area contributed by atoms with Gasteiger partial charge < -0.3 is 19.3 Å². The maximum atomic E-state index is 8.63. The van der Waals surface area contributed by atoms with Crippen LogP contribution >= 0.6 is 0 Å². The molecule has 0 atom stereocenters. The van der Waals surface area contributed by atoms with Gasteiger partial charge in [0.2, 0.25) is 0 Å².